The first-order valence-electron chi connectivity index (χ1n) is 6.41. The summed E-state index contributed by atoms with van der Waals surface area (Å²) < 4.78 is 5.18. The van der Waals surface area contributed by atoms with E-state index in [9.17, 15) is 9.59 Å². The second-order valence-electron chi connectivity index (χ2n) is 5.32. The molecule has 1 N–H and O–H groups in total. The van der Waals surface area contributed by atoms with Crippen LogP contribution in [0.4, 0.5) is 0 Å². The summed E-state index contributed by atoms with van der Waals surface area (Å²) in [6.45, 7) is 5.56. The molecule has 0 aromatic rings. The van der Waals surface area contributed by atoms with Gasteiger partial charge < -0.3 is 9.62 Å². The monoisotopic (exact) mass is 260 g/mol. The van der Waals surface area contributed by atoms with E-state index in [1.165, 1.54) is 0 Å². The lowest BCUT2D eigenvalue weighted by Crippen LogP contribution is -2.23. The Hall–Kier alpha value is -1.10. The van der Waals surface area contributed by atoms with Gasteiger partial charge in [0.2, 0.25) is 0 Å². The zero-order valence-electron chi connectivity index (χ0n) is 11.5. The second-order valence-corrected chi connectivity index (χ2v) is 5.32. The maximum atomic E-state index is 11.4. The van der Waals surface area contributed by atoms with E-state index in [1.807, 2.05) is 20.8 Å². The normalized spacial score (nSPS) is 11.1. The Morgan fingerprint density at radius 1 is 0.889 bits per heavy atom. The number of esters is 1. The molecule has 0 aliphatic rings. The van der Waals surface area contributed by atoms with Crippen molar-refractivity contribution < 1.29 is 24.5 Å². The predicted octanol–water partition coefficient (Wildman–Crippen LogP) is 3.08. The lowest BCUT2D eigenvalue weighted by molar-refractivity contribution is -0.234. The molecular formula is C13H24O5. The third-order valence-electron chi connectivity index (χ3n) is 2.28. The smallest absolute Gasteiger partial charge is 0.342 e. The summed E-state index contributed by atoms with van der Waals surface area (Å²) in [5, 5.41) is 8.03. The van der Waals surface area contributed by atoms with Crippen molar-refractivity contribution in [3.63, 3.8) is 0 Å². The van der Waals surface area contributed by atoms with E-state index in [0.29, 0.717) is 12.8 Å². The second kappa shape index (κ2) is 8.91. The highest BCUT2D eigenvalue weighted by molar-refractivity contribution is 5.69. The van der Waals surface area contributed by atoms with Crippen molar-refractivity contribution in [2.75, 3.05) is 0 Å². The fourth-order valence-electron chi connectivity index (χ4n) is 1.51. The van der Waals surface area contributed by atoms with Crippen LogP contribution in [0.1, 0.15) is 65.7 Å². The number of hydrogen-bond acceptors (Lipinski definition) is 5. The largest absolute Gasteiger partial charge is 0.460 e. The van der Waals surface area contributed by atoms with Crippen molar-refractivity contribution in [1.82, 2.24) is 0 Å². The van der Waals surface area contributed by atoms with Gasteiger partial charge in [-0.15, -0.1) is 0 Å². The highest BCUT2D eigenvalue weighted by atomic mass is 17.1. The quantitative estimate of drug-likeness (QED) is 0.314. The number of hydrogen-bond donors (Lipinski definition) is 1. The zero-order valence-corrected chi connectivity index (χ0v) is 11.5. The lowest BCUT2D eigenvalue weighted by atomic mass is 10.1. The van der Waals surface area contributed by atoms with Gasteiger partial charge in [0.15, 0.2) is 0 Å². The van der Waals surface area contributed by atoms with Gasteiger partial charge in [0.05, 0.1) is 0 Å². The first-order chi connectivity index (χ1) is 8.35. The minimum Gasteiger partial charge on any atom is -0.460 e. The van der Waals surface area contributed by atoms with Gasteiger partial charge in [0.1, 0.15) is 5.60 Å². The van der Waals surface area contributed by atoms with E-state index in [4.69, 9.17) is 9.99 Å². The van der Waals surface area contributed by atoms with Crippen molar-refractivity contribution in [3.05, 3.63) is 0 Å². The van der Waals surface area contributed by atoms with Crippen LogP contribution >= 0.6 is 0 Å². The Bertz CT molecular complexity index is 255. The van der Waals surface area contributed by atoms with Gasteiger partial charge in [0, 0.05) is 12.8 Å². The summed E-state index contributed by atoms with van der Waals surface area (Å²) in [6.07, 6.45) is 4.97. The molecule has 0 aliphatic heterocycles. The third-order valence-corrected chi connectivity index (χ3v) is 2.28. The van der Waals surface area contributed by atoms with E-state index in [0.717, 1.165) is 25.7 Å². The molecule has 0 spiro atoms. The van der Waals surface area contributed by atoms with Crippen LogP contribution in [0.5, 0.6) is 0 Å². The standard InChI is InChI=1S/C13H24O5/c1-13(2,3)17-11(14)9-7-5-4-6-8-10-12(15)18-16/h16H,4-10H2,1-3H3. The first-order valence-corrected chi connectivity index (χ1v) is 6.41. The molecule has 0 atom stereocenters. The summed E-state index contributed by atoms with van der Waals surface area (Å²) in [4.78, 5) is 25.5. The molecule has 0 radical (unpaired) electrons. The van der Waals surface area contributed by atoms with Gasteiger partial charge >= 0.3 is 11.9 Å². The van der Waals surface area contributed by atoms with Crippen LogP contribution < -0.4 is 0 Å². The minimum atomic E-state index is -0.594. The van der Waals surface area contributed by atoms with Crippen molar-refractivity contribution in [3.8, 4) is 0 Å². The molecule has 0 amide bonds. The van der Waals surface area contributed by atoms with Crippen molar-refractivity contribution in [2.24, 2.45) is 0 Å². The van der Waals surface area contributed by atoms with E-state index in [-0.39, 0.29) is 12.4 Å². The molecule has 0 bridgehead atoms. The molecule has 0 saturated carbocycles. The number of rotatable bonds is 8. The zero-order chi connectivity index (χ0) is 14.0. The molecule has 0 aromatic carbocycles. The highest BCUT2D eigenvalue weighted by Gasteiger charge is 2.15. The molecule has 18 heavy (non-hydrogen) atoms. The molecule has 0 aromatic heterocycles. The molecule has 5 nitrogen and oxygen atoms in total. The van der Waals surface area contributed by atoms with E-state index in [2.05, 4.69) is 4.89 Å². The molecular weight excluding hydrogens is 236 g/mol. The van der Waals surface area contributed by atoms with Crippen molar-refractivity contribution in [1.29, 1.82) is 0 Å². The summed E-state index contributed by atoms with van der Waals surface area (Å²) in [5.41, 5.74) is -0.415. The Balaban J connectivity index is 3.35. The van der Waals surface area contributed by atoms with E-state index in [1.54, 1.807) is 0 Å². The highest BCUT2D eigenvalue weighted by Crippen LogP contribution is 2.12. The molecule has 0 saturated heterocycles. The van der Waals surface area contributed by atoms with Crippen LogP contribution in [0.25, 0.3) is 0 Å². The van der Waals surface area contributed by atoms with Crippen LogP contribution in [0.3, 0.4) is 0 Å². The summed E-state index contributed by atoms with van der Waals surface area (Å²) in [5.74, 6) is -0.755. The average Bonchev–Trinajstić information content (AvgIpc) is 2.25. The molecule has 0 fully saturated rings. The van der Waals surface area contributed by atoms with Crippen molar-refractivity contribution in [2.45, 2.75) is 71.3 Å². The fourth-order valence-corrected chi connectivity index (χ4v) is 1.51. The van der Waals surface area contributed by atoms with Crippen LogP contribution in [-0.4, -0.2) is 22.8 Å². The minimum absolute atomic E-state index is 0.161. The van der Waals surface area contributed by atoms with Crippen LogP contribution in [-0.2, 0) is 19.2 Å². The summed E-state index contributed by atoms with van der Waals surface area (Å²) in [7, 11) is 0. The SMILES string of the molecule is CC(C)(C)OC(=O)CCCCCCCC(=O)OO. The van der Waals surface area contributed by atoms with Crippen LogP contribution in [0.15, 0.2) is 0 Å². The molecule has 0 unspecified atom stereocenters. The number of carbonyl (C=O) groups is 2. The van der Waals surface area contributed by atoms with Crippen LogP contribution in [0, 0.1) is 0 Å². The summed E-state index contributed by atoms with van der Waals surface area (Å²) >= 11 is 0. The molecule has 5 heteroatoms. The third kappa shape index (κ3) is 11.4. The average molecular weight is 260 g/mol. The molecule has 106 valence electrons. The molecule has 0 aliphatic carbocycles. The summed E-state index contributed by atoms with van der Waals surface area (Å²) in [6, 6.07) is 0. The number of unbranched alkanes of at least 4 members (excludes halogenated alkanes) is 4. The number of ether oxygens (including phenoxy) is 1. The van der Waals surface area contributed by atoms with Gasteiger partial charge in [-0.2, -0.15) is 5.26 Å². The Morgan fingerprint density at radius 2 is 1.33 bits per heavy atom. The molecule has 0 heterocycles. The maximum Gasteiger partial charge on any atom is 0.342 e. The molecule has 0 rings (SSSR count). The van der Waals surface area contributed by atoms with Gasteiger partial charge in [-0.3, -0.25) is 4.79 Å². The van der Waals surface area contributed by atoms with Gasteiger partial charge in [-0.25, -0.2) is 4.79 Å². The maximum absolute atomic E-state index is 11.4. The van der Waals surface area contributed by atoms with E-state index < -0.39 is 11.6 Å². The topological polar surface area (TPSA) is 72.8 Å². The van der Waals surface area contributed by atoms with Crippen LogP contribution in [0.2, 0.25) is 0 Å². The Morgan fingerprint density at radius 3 is 1.78 bits per heavy atom. The van der Waals surface area contributed by atoms with Crippen molar-refractivity contribution >= 4 is 11.9 Å². The fraction of sp³-hybridized carbons (Fsp3) is 0.846. The van der Waals surface area contributed by atoms with Gasteiger partial charge in [-0.05, 0) is 33.6 Å². The number of carbonyl (C=O) groups excluding carboxylic acids is 2. The lowest BCUT2D eigenvalue weighted by Gasteiger charge is -2.19. The first kappa shape index (κ1) is 16.9. The Kier molecular flexibility index (Phi) is 8.37. The van der Waals surface area contributed by atoms with Gasteiger partial charge in [0.25, 0.3) is 0 Å². The Labute approximate surface area is 108 Å². The van der Waals surface area contributed by atoms with E-state index >= 15 is 0 Å². The van der Waals surface area contributed by atoms with Gasteiger partial charge in [-0.1, -0.05) is 19.3 Å². The predicted molar refractivity (Wildman–Crippen MR) is 66.9 cm³/mol.